The summed E-state index contributed by atoms with van der Waals surface area (Å²) in [5, 5.41) is 2.15. The monoisotopic (exact) mass is 437 g/mol. The van der Waals surface area contributed by atoms with Gasteiger partial charge in [0.25, 0.3) is 11.8 Å². The molecule has 0 fully saturated rings. The van der Waals surface area contributed by atoms with Crippen LogP contribution in [-0.4, -0.2) is 31.5 Å². The number of hydrogen-bond donors (Lipinski definition) is 1. The van der Waals surface area contributed by atoms with E-state index in [0.717, 1.165) is 5.56 Å². The molecule has 2 amide bonds. The van der Waals surface area contributed by atoms with Crippen molar-refractivity contribution in [2.45, 2.75) is 6.61 Å². The maximum absolute atomic E-state index is 13.0. The summed E-state index contributed by atoms with van der Waals surface area (Å²) in [6.45, 7) is -0.452. The second-order valence-electron chi connectivity index (χ2n) is 6.60. The molecule has 3 aromatic carbocycles. The van der Waals surface area contributed by atoms with Gasteiger partial charge in [-0.25, -0.2) is 9.18 Å². The molecule has 0 saturated carbocycles. The van der Waals surface area contributed by atoms with Gasteiger partial charge in [0.2, 0.25) is 0 Å². The maximum Gasteiger partial charge on any atom is 0.338 e. The van der Waals surface area contributed by atoms with Crippen molar-refractivity contribution in [3.63, 3.8) is 0 Å². The number of carbonyl (C=O) groups excluding carboxylic acids is 3. The minimum absolute atomic E-state index is 0.172. The van der Waals surface area contributed by atoms with Crippen molar-refractivity contribution in [1.82, 2.24) is 5.32 Å². The number of methoxy groups -OCH3 is 1. The quantitative estimate of drug-likeness (QED) is 0.542. The van der Waals surface area contributed by atoms with Crippen molar-refractivity contribution in [3.05, 3.63) is 95.3 Å². The molecule has 0 aromatic heterocycles. The highest BCUT2D eigenvalue weighted by Crippen LogP contribution is 2.18. The first-order chi connectivity index (χ1) is 15.5. The van der Waals surface area contributed by atoms with Gasteiger partial charge in [0, 0.05) is 0 Å². The Labute approximate surface area is 183 Å². The number of carbonyl (C=O) groups is 3. The molecule has 0 radical (unpaired) electrons. The molecule has 0 aliphatic carbocycles. The van der Waals surface area contributed by atoms with Gasteiger partial charge in [-0.15, -0.1) is 0 Å². The molecule has 8 heteroatoms. The predicted molar refractivity (Wildman–Crippen MR) is 113 cm³/mol. The number of hydrogen-bond acceptors (Lipinski definition) is 6. The van der Waals surface area contributed by atoms with Gasteiger partial charge in [0.05, 0.1) is 18.2 Å². The molecule has 0 aliphatic rings. The smallest absolute Gasteiger partial charge is 0.338 e. The number of nitrogens with one attached hydrogen (secondary N) is 1. The Morgan fingerprint density at radius 1 is 0.938 bits per heavy atom. The standard InChI is InChI=1S/C24H20FNO6/c1-30-21-8-3-2-7-20(21)23(28)26-22(27)15-32-24(29)17-5-4-6-19(13-17)31-14-16-9-11-18(25)12-10-16/h2-13H,14-15H2,1H3,(H,26,27,28). The third-order valence-electron chi connectivity index (χ3n) is 4.33. The van der Waals surface area contributed by atoms with E-state index in [-0.39, 0.29) is 23.6 Å². The van der Waals surface area contributed by atoms with E-state index in [1.165, 1.54) is 37.4 Å². The summed E-state index contributed by atoms with van der Waals surface area (Å²) in [5.74, 6) is -1.83. The van der Waals surface area contributed by atoms with Crippen molar-refractivity contribution in [1.29, 1.82) is 0 Å². The van der Waals surface area contributed by atoms with Crippen molar-refractivity contribution in [2.24, 2.45) is 0 Å². The molecule has 32 heavy (non-hydrogen) atoms. The Bertz CT molecular complexity index is 1110. The van der Waals surface area contributed by atoms with Crippen LogP contribution in [0.3, 0.4) is 0 Å². The van der Waals surface area contributed by atoms with Gasteiger partial charge in [-0.1, -0.05) is 30.3 Å². The molecule has 0 atom stereocenters. The third-order valence-corrected chi connectivity index (χ3v) is 4.33. The Morgan fingerprint density at radius 2 is 1.69 bits per heavy atom. The molecule has 3 aromatic rings. The summed E-state index contributed by atoms with van der Waals surface area (Å²) in [6, 6.07) is 18.5. The number of amides is 2. The zero-order chi connectivity index (χ0) is 22.9. The summed E-state index contributed by atoms with van der Waals surface area (Å²) in [5.41, 5.74) is 1.11. The number of imide groups is 1. The molecule has 0 spiro atoms. The van der Waals surface area contributed by atoms with Crippen LogP contribution in [0.25, 0.3) is 0 Å². The van der Waals surface area contributed by atoms with Crippen LogP contribution in [0, 0.1) is 5.82 Å². The zero-order valence-corrected chi connectivity index (χ0v) is 17.2. The number of esters is 1. The van der Waals surface area contributed by atoms with E-state index < -0.39 is 24.4 Å². The molecule has 7 nitrogen and oxygen atoms in total. The fraction of sp³-hybridized carbons (Fsp3) is 0.125. The van der Waals surface area contributed by atoms with Crippen LogP contribution >= 0.6 is 0 Å². The van der Waals surface area contributed by atoms with Crippen LogP contribution in [-0.2, 0) is 16.1 Å². The summed E-state index contributed by atoms with van der Waals surface area (Å²) in [4.78, 5) is 36.5. The highest BCUT2D eigenvalue weighted by molar-refractivity contribution is 6.07. The fourth-order valence-electron chi connectivity index (χ4n) is 2.74. The molecule has 0 aliphatic heterocycles. The van der Waals surface area contributed by atoms with Crippen LogP contribution in [0.15, 0.2) is 72.8 Å². The molecular weight excluding hydrogens is 417 g/mol. The third kappa shape index (κ3) is 6.15. The number of rotatable bonds is 8. The second kappa shape index (κ2) is 10.7. The molecule has 3 rings (SSSR count). The van der Waals surface area contributed by atoms with E-state index in [1.807, 2.05) is 0 Å². The molecule has 0 heterocycles. The van der Waals surface area contributed by atoms with Crippen LogP contribution in [0.4, 0.5) is 4.39 Å². The Kier molecular flexibility index (Phi) is 7.53. The van der Waals surface area contributed by atoms with Gasteiger partial charge in [0.1, 0.15) is 23.9 Å². The van der Waals surface area contributed by atoms with Gasteiger partial charge in [0.15, 0.2) is 6.61 Å². The lowest BCUT2D eigenvalue weighted by molar-refractivity contribution is -0.123. The van der Waals surface area contributed by atoms with Crippen LogP contribution in [0.2, 0.25) is 0 Å². The number of para-hydroxylation sites is 1. The van der Waals surface area contributed by atoms with Gasteiger partial charge < -0.3 is 14.2 Å². The maximum atomic E-state index is 13.0. The van der Waals surface area contributed by atoms with E-state index in [0.29, 0.717) is 11.5 Å². The molecule has 1 N–H and O–H groups in total. The second-order valence-corrected chi connectivity index (χ2v) is 6.60. The lowest BCUT2D eigenvalue weighted by Gasteiger charge is -2.10. The SMILES string of the molecule is COc1ccccc1C(=O)NC(=O)COC(=O)c1cccc(OCc2ccc(F)cc2)c1. The summed E-state index contributed by atoms with van der Waals surface area (Å²) in [6.07, 6.45) is 0. The van der Waals surface area contributed by atoms with E-state index in [9.17, 15) is 18.8 Å². The molecule has 164 valence electrons. The Hall–Kier alpha value is -4.20. The Morgan fingerprint density at radius 3 is 2.44 bits per heavy atom. The van der Waals surface area contributed by atoms with Gasteiger partial charge in [-0.2, -0.15) is 0 Å². The van der Waals surface area contributed by atoms with Crippen molar-refractivity contribution < 1.29 is 33.0 Å². The van der Waals surface area contributed by atoms with Crippen LogP contribution < -0.4 is 14.8 Å². The fourth-order valence-corrected chi connectivity index (χ4v) is 2.74. The lowest BCUT2D eigenvalue weighted by atomic mass is 10.2. The minimum Gasteiger partial charge on any atom is -0.496 e. The molecule has 0 saturated heterocycles. The Balaban J connectivity index is 1.52. The highest BCUT2D eigenvalue weighted by atomic mass is 19.1. The largest absolute Gasteiger partial charge is 0.496 e. The normalized spacial score (nSPS) is 10.2. The first-order valence-electron chi connectivity index (χ1n) is 9.58. The van der Waals surface area contributed by atoms with Gasteiger partial charge >= 0.3 is 5.97 Å². The molecule has 0 bridgehead atoms. The lowest BCUT2D eigenvalue weighted by Crippen LogP contribution is -2.34. The number of halogens is 1. The zero-order valence-electron chi connectivity index (χ0n) is 17.2. The minimum atomic E-state index is -0.780. The average molecular weight is 437 g/mol. The summed E-state index contributed by atoms with van der Waals surface area (Å²) >= 11 is 0. The first kappa shape index (κ1) is 22.5. The van der Waals surface area contributed by atoms with Crippen molar-refractivity contribution in [3.8, 4) is 11.5 Å². The average Bonchev–Trinajstić information content (AvgIpc) is 2.82. The van der Waals surface area contributed by atoms with Crippen LogP contribution in [0.1, 0.15) is 26.3 Å². The summed E-state index contributed by atoms with van der Waals surface area (Å²) in [7, 11) is 1.41. The molecular formula is C24H20FNO6. The van der Waals surface area contributed by atoms with Gasteiger partial charge in [-0.05, 0) is 48.0 Å². The van der Waals surface area contributed by atoms with Crippen molar-refractivity contribution in [2.75, 3.05) is 13.7 Å². The van der Waals surface area contributed by atoms with E-state index in [2.05, 4.69) is 5.32 Å². The topological polar surface area (TPSA) is 90.9 Å². The van der Waals surface area contributed by atoms with E-state index in [4.69, 9.17) is 14.2 Å². The predicted octanol–water partition coefficient (Wildman–Crippen LogP) is 3.53. The van der Waals surface area contributed by atoms with E-state index >= 15 is 0 Å². The highest BCUT2D eigenvalue weighted by Gasteiger charge is 2.16. The molecule has 0 unspecified atom stereocenters. The summed E-state index contributed by atoms with van der Waals surface area (Å²) < 4.78 is 28.6. The first-order valence-corrected chi connectivity index (χ1v) is 9.58. The van der Waals surface area contributed by atoms with Gasteiger partial charge in [-0.3, -0.25) is 14.9 Å². The van der Waals surface area contributed by atoms with Crippen molar-refractivity contribution >= 4 is 17.8 Å². The number of benzene rings is 3. The number of ether oxygens (including phenoxy) is 3. The van der Waals surface area contributed by atoms with E-state index in [1.54, 1.807) is 42.5 Å². The van der Waals surface area contributed by atoms with Crippen LogP contribution in [0.5, 0.6) is 11.5 Å².